The van der Waals surface area contributed by atoms with Crippen LogP contribution in [0.2, 0.25) is 0 Å². The van der Waals surface area contributed by atoms with Crippen molar-refractivity contribution in [3.05, 3.63) is 75.0 Å². The van der Waals surface area contributed by atoms with Gasteiger partial charge >= 0.3 is 0 Å². The van der Waals surface area contributed by atoms with Gasteiger partial charge in [0, 0.05) is 9.35 Å². The van der Waals surface area contributed by atoms with E-state index in [4.69, 9.17) is 0 Å². The third-order valence-corrected chi connectivity index (χ3v) is 5.24. The van der Waals surface area contributed by atoms with Gasteiger partial charge in [0.2, 0.25) is 5.95 Å². The van der Waals surface area contributed by atoms with E-state index in [-0.39, 0.29) is 0 Å². The molecule has 4 heteroatoms. The number of nitrogens with zero attached hydrogens (tertiary/aromatic N) is 1. The van der Waals surface area contributed by atoms with E-state index in [1.165, 1.54) is 22.1 Å². The Morgan fingerprint density at radius 2 is 1.95 bits per heavy atom. The van der Waals surface area contributed by atoms with E-state index in [1.807, 2.05) is 12.1 Å². The minimum atomic E-state index is -0.433. The maximum Gasteiger partial charge on any atom is 0.213 e. The molecule has 22 heavy (non-hydrogen) atoms. The van der Waals surface area contributed by atoms with Crippen molar-refractivity contribution in [1.82, 2.24) is 4.98 Å². The molecule has 2 heterocycles. The zero-order chi connectivity index (χ0) is 15.5. The smallest absolute Gasteiger partial charge is 0.213 e. The van der Waals surface area contributed by atoms with Crippen molar-refractivity contribution in [2.75, 3.05) is 0 Å². The number of aryl methyl sites for hydroxylation is 3. The first-order valence-corrected chi connectivity index (χ1v) is 8.69. The van der Waals surface area contributed by atoms with Gasteiger partial charge in [-0.2, -0.15) is 4.39 Å². The Bertz CT molecular complexity index is 797. The molecule has 0 aliphatic carbocycles. The summed E-state index contributed by atoms with van der Waals surface area (Å²) in [5, 5.41) is 0. The van der Waals surface area contributed by atoms with Crippen LogP contribution in [0.5, 0.6) is 0 Å². The van der Waals surface area contributed by atoms with Crippen molar-refractivity contribution in [3.8, 4) is 10.6 Å². The molecular weight excluding hydrogens is 361 g/mol. The average Bonchev–Trinajstić information content (AvgIpc) is 2.97. The summed E-state index contributed by atoms with van der Waals surface area (Å²) in [5.74, 6) is -0.433. The quantitative estimate of drug-likeness (QED) is 0.524. The highest BCUT2D eigenvalue weighted by Gasteiger charge is 2.06. The minimum Gasteiger partial charge on any atom is -0.219 e. The maximum absolute atomic E-state index is 13.2. The molecule has 112 valence electrons. The molecule has 3 aromatic rings. The van der Waals surface area contributed by atoms with Crippen LogP contribution in [0.25, 0.3) is 10.6 Å². The van der Waals surface area contributed by atoms with Crippen molar-refractivity contribution < 1.29 is 4.39 Å². The van der Waals surface area contributed by atoms with E-state index in [9.17, 15) is 4.39 Å². The van der Waals surface area contributed by atoms with Gasteiger partial charge < -0.3 is 0 Å². The molecule has 0 saturated heterocycles. The summed E-state index contributed by atoms with van der Waals surface area (Å²) in [6.45, 7) is 2.14. The molecule has 0 N–H and O–H groups in total. The molecule has 0 fully saturated rings. The van der Waals surface area contributed by atoms with Crippen LogP contribution in [0, 0.1) is 12.9 Å². The highest BCUT2D eigenvalue weighted by atomic mass is 79.9. The second-order valence-corrected chi connectivity index (χ2v) is 7.27. The number of benzene rings is 1. The number of thiophene rings is 1. The van der Waals surface area contributed by atoms with Gasteiger partial charge in [0.25, 0.3) is 0 Å². The zero-order valence-electron chi connectivity index (χ0n) is 12.1. The van der Waals surface area contributed by atoms with Crippen LogP contribution < -0.4 is 0 Å². The van der Waals surface area contributed by atoms with Gasteiger partial charge in [0.1, 0.15) is 0 Å². The molecule has 0 radical (unpaired) electrons. The maximum atomic E-state index is 13.2. The van der Waals surface area contributed by atoms with Crippen molar-refractivity contribution in [3.63, 3.8) is 0 Å². The molecule has 1 nitrogen and oxygen atoms in total. The van der Waals surface area contributed by atoms with Crippen molar-refractivity contribution in [2.24, 2.45) is 0 Å². The largest absolute Gasteiger partial charge is 0.219 e. The first kappa shape index (κ1) is 15.4. The monoisotopic (exact) mass is 375 g/mol. The summed E-state index contributed by atoms with van der Waals surface area (Å²) in [7, 11) is 0. The Balaban J connectivity index is 1.73. The Morgan fingerprint density at radius 1 is 1.09 bits per heavy atom. The van der Waals surface area contributed by atoms with Crippen LogP contribution in [-0.4, -0.2) is 4.98 Å². The van der Waals surface area contributed by atoms with Crippen LogP contribution in [0.3, 0.4) is 0 Å². The number of hydrogen-bond donors (Lipinski definition) is 0. The van der Waals surface area contributed by atoms with Crippen LogP contribution in [0.15, 0.2) is 53.0 Å². The first-order chi connectivity index (χ1) is 10.6. The van der Waals surface area contributed by atoms with Crippen LogP contribution in [-0.2, 0) is 12.8 Å². The van der Waals surface area contributed by atoms with Gasteiger partial charge in [-0.1, -0.05) is 28.1 Å². The Hall–Kier alpha value is -1.52. The molecular formula is C18H15BrFNS. The molecule has 0 amide bonds. The van der Waals surface area contributed by atoms with Gasteiger partial charge in [0.15, 0.2) is 0 Å². The molecule has 0 unspecified atom stereocenters. The van der Waals surface area contributed by atoms with Crippen molar-refractivity contribution in [1.29, 1.82) is 0 Å². The molecule has 1 aromatic carbocycles. The van der Waals surface area contributed by atoms with E-state index >= 15 is 0 Å². The fourth-order valence-corrected chi connectivity index (χ4v) is 3.75. The summed E-state index contributed by atoms with van der Waals surface area (Å²) in [4.78, 5) is 6.24. The highest BCUT2D eigenvalue weighted by Crippen LogP contribution is 2.28. The summed E-state index contributed by atoms with van der Waals surface area (Å²) < 4.78 is 14.3. The fourth-order valence-electron chi connectivity index (χ4n) is 2.36. The normalized spacial score (nSPS) is 10.9. The minimum absolute atomic E-state index is 0.433. The van der Waals surface area contributed by atoms with E-state index < -0.39 is 5.95 Å². The van der Waals surface area contributed by atoms with Crippen LogP contribution in [0.1, 0.15) is 16.0 Å². The van der Waals surface area contributed by atoms with Crippen molar-refractivity contribution >= 4 is 27.3 Å². The number of halogens is 2. The van der Waals surface area contributed by atoms with Crippen molar-refractivity contribution in [2.45, 2.75) is 19.8 Å². The van der Waals surface area contributed by atoms with Crippen LogP contribution in [0.4, 0.5) is 4.39 Å². The number of pyridine rings is 1. The molecule has 0 aliphatic rings. The molecule has 0 bridgehead atoms. The number of aromatic nitrogens is 1. The third-order valence-electron chi connectivity index (χ3n) is 3.58. The lowest BCUT2D eigenvalue weighted by molar-refractivity contribution is 0.585. The Morgan fingerprint density at radius 3 is 2.77 bits per heavy atom. The Labute approximate surface area is 142 Å². The molecule has 0 atom stereocenters. The van der Waals surface area contributed by atoms with Crippen LogP contribution >= 0.6 is 27.3 Å². The molecule has 0 aliphatic heterocycles. The van der Waals surface area contributed by atoms with E-state index in [2.05, 4.69) is 52.1 Å². The van der Waals surface area contributed by atoms with E-state index in [0.717, 1.165) is 22.2 Å². The lowest BCUT2D eigenvalue weighted by Crippen LogP contribution is -1.92. The predicted molar refractivity (Wildman–Crippen MR) is 93.8 cm³/mol. The summed E-state index contributed by atoms with van der Waals surface area (Å²) in [5.41, 5.74) is 3.37. The van der Waals surface area contributed by atoms with Gasteiger partial charge in [-0.05, 0) is 67.3 Å². The standard InChI is InChI=1S/C18H15BrFNS/c1-12-5-7-14(19)11-13(12)6-8-15-9-10-17(22-15)16-3-2-4-18(20)21-16/h2-5,7,9-11H,6,8H2,1H3. The van der Waals surface area contributed by atoms with Gasteiger partial charge in [-0.15, -0.1) is 11.3 Å². The van der Waals surface area contributed by atoms with Gasteiger partial charge in [-0.25, -0.2) is 4.98 Å². The Kier molecular flexibility index (Phi) is 4.69. The predicted octanol–water partition coefficient (Wildman–Crippen LogP) is 5.81. The molecule has 0 saturated carbocycles. The second-order valence-electron chi connectivity index (χ2n) is 5.18. The topological polar surface area (TPSA) is 12.9 Å². The van der Waals surface area contributed by atoms with E-state index in [0.29, 0.717) is 5.69 Å². The molecule has 0 spiro atoms. The van der Waals surface area contributed by atoms with Gasteiger partial charge in [0.05, 0.1) is 10.6 Å². The average molecular weight is 376 g/mol. The number of rotatable bonds is 4. The highest BCUT2D eigenvalue weighted by molar-refractivity contribution is 9.10. The summed E-state index contributed by atoms with van der Waals surface area (Å²) >= 11 is 5.21. The SMILES string of the molecule is Cc1ccc(Br)cc1CCc1ccc(-c2cccc(F)n2)s1. The lowest BCUT2D eigenvalue weighted by Gasteiger charge is -2.05. The summed E-state index contributed by atoms with van der Waals surface area (Å²) in [6, 6.07) is 15.4. The summed E-state index contributed by atoms with van der Waals surface area (Å²) in [6.07, 6.45) is 1.99. The van der Waals surface area contributed by atoms with Gasteiger partial charge in [-0.3, -0.25) is 0 Å². The zero-order valence-corrected chi connectivity index (χ0v) is 14.5. The molecule has 2 aromatic heterocycles. The molecule has 3 rings (SSSR count). The fraction of sp³-hybridized carbons (Fsp3) is 0.167. The first-order valence-electron chi connectivity index (χ1n) is 7.08. The lowest BCUT2D eigenvalue weighted by atomic mass is 10.0. The second kappa shape index (κ2) is 6.71. The third kappa shape index (κ3) is 3.62. The number of hydrogen-bond acceptors (Lipinski definition) is 2. The van der Waals surface area contributed by atoms with E-state index in [1.54, 1.807) is 17.4 Å².